The molecule has 0 atom stereocenters. The molecule has 7 nitrogen and oxygen atoms in total. The standard InChI is InChI=1S/C19H25N5O2S/c25-17(20-9-8-15-4-2-1-3-5-15)14-27-19-22-21-18(24(19)16-6-7-16)23-10-12-26-13-11-23/h1-5,16H,6-14H2,(H,20,25). The second-order valence-corrected chi connectivity index (χ2v) is 7.80. The number of ether oxygens (including phenoxy) is 1. The molecule has 2 aromatic rings. The lowest BCUT2D eigenvalue weighted by Gasteiger charge is -2.27. The van der Waals surface area contributed by atoms with Crippen molar-refractivity contribution in [3.63, 3.8) is 0 Å². The zero-order valence-corrected chi connectivity index (χ0v) is 16.2. The summed E-state index contributed by atoms with van der Waals surface area (Å²) in [5, 5.41) is 12.6. The van der Waals surface area contributed by atoms with Gasteiger partial charge in [0, 0.05) is 25.7 Å². The van der Waals surface area contributed by atoms with E-state index in [1.165, 1.54) is 17.3 Å². The third kappa shape index (κ3) is 4.81. The lowest BCUT2D eigenvalue weighted by atomic mass is 10.1. The molecule has 2 fully saturated rings. The minimum Gasteiger partial charge on any atom is -0.378 e. The highest BCUT2D eigenvalue weighted by Gasteiger charge is 2.32. The number of nitrogens with one attached hydrogen (secondary N) is 1. The predicted octanol–water partition coefficient (Wildman–Crippen LogP) is 1.90. The van der Waals surface area contributed by atoms with Gasteiger partial charge in [0.05, 0.1) is 19.0 Å². The van der Waals surface area contributed by atoms with E-state index in [0.29, 0.717) is 18.3 Å². The number of hydrogen-bond donors (Lipinski definition) is 1. The van der Waals surface area contributed by atoms with Gasteiger partial charge < -0.3 is 15.0 Å². The number of anilines is 1. The van der Waals surface area contributed by atoms with Crippen LogP contribution in [0.4, 0.5) is 5.95 Å². The minimum atomic E-state index is 0.0363. The van der Waals surface area contributed by atoms with Gasteiger partial charge in [-0.3, -0.25) is 9.36 Å². The van der Waals surface area contributed by atoms with Crippen LogP contribution in [-0.4, -0.2) is 59.3 Å². The van der Waals surface area contributed by atoms with Gasteiger partial charge in [-0.05, 0) is 24.8 Å². The van der Waals surface area contributed by atoms with Crippen molar-refractivity contribution in [1.82, 2.24) is 20.1 Å². The molecule has 1 aliphatic heterocycles. The van der Waals surface area contributed by atoms with E-state index in [-0.39, 0.29) is 5.91 Å². The fraction of sp³-hybridized carbons (Fsp3) is 0.526. The molecule has 27 heavy (non-hydrogen) atoms. The molecule has 1 saturated carbocycles. The number of morpholine rings is 1. The number of carbonyl (C=O) groups is 1. The van der Waals surface area contributed by atoms with Gasteiger partial charge in [-0.2, -0.15) is 0 Å². The number of nitrogens with zero attached hydrogens (tertiary/aromatic N) is 4. The molecule has 144 valence electrons. The van der Waals surface area contributed by atoms with Crippen molar-refractivity contribution < 1.29 is 9.53 Å². The average molecular weight is 388 g/mol. The number of benzene rings is 1. The first-order chi connectivity index (χ1) is 13.3. The van der Waals surface area contributed by atoms with E-state index in [9.17, 15) is 4.79 Å². The Balaban J connectivity index is 1.30. The van der Waals surface area contributed by atoms with E-state index in [1.807, 2.05) is 18.2 Å². The van der Waals surface area contributed by atoms with Crippen LogP contribution in [0.15, 0.2) is 35.5 Å². The normalized spacial score (nSPS) is 17.1. The Kier molecular flexibility index (Phi) is 5.94. The highest BCUT2D eigenvalue weighted by molar-refractivity contribution is 7.99. The molecule has 0 bridgehead atoms. The van der Waals surface area contributed by atoms with Gasteiger partial charge in [0.2, 0.25) is 11.9 Å². The van der Waals surface area contributed by atoms with Crippen molar-refractivity contribution in [2.75, 3.05) is 43.5 Å². The Hall–Kier alpha value is -2.06. The number of aromatic nitrogens is 3. The van der Waals surface area contributed by atoms with E-state index in [2.05, 4.69) is 37.1 Å². The molecule has 1 aromatic heterocycles. The van der Waals surface area contributed by atoms with E-state index < -0.39 is 0 Å². The second kappa shape index (κ2) is 8.75. The third-order valence-electron chi connectivity index (χ3n) is 4.76. The van der Waals surface area contributed by atoms with Crippen LogP contribution >= 0.6 is 11.8 Å². The maximum absolute atomic E-state index is 12.2. The monoisotopic (exact) mass is 387 g/mol. The Bertz CT molecular complexity index is 757. The SMILES string of the molecule is O=C(CSc1nnc(N2CCOCC2)n1C1CC1)NCCc1ccccc1. The predicted molar refractivity (Wildman–Crippen MR) is 105 cm³/mol. The smallest absolute Gasteiger partial charge is 0.230 e. The van der Waals surface area contributed by atoms with E-state index in [0.717, 1.165) is 56.7 Å². The van der Waals surface area contributed by atoms with Crippen molar-refractivity contribution in [2.24, 2.45) is 0 Å². The van der Waals surface area contributed by atoms with Crippen LogP contribution < -0.4 is 10.2 Å². The quantitative estimate of drug-likeness (QED) is 0.698. The maximum Gasteiger partial charge on any atom is 0.230 e. The van der Waals surface area contributed by atoms with Gasteiger partial charge >= 0.3 is 0 Å². The molecule has 1 aromatic carbocycles. The zero-order valence-electron chi connectivity index (χ0n) is 15.3. The Labute approximate surface area is 163 Å². The average Bonchev–Trinajstić information content (AvgIpc) is 3.47. The Morgan fingerprint density at radius 2 is 1.96 bits per heavy atom. The summed E-state index contributed by atoms with van der Waals surface area (Å²) in [6.45, 7) is 3.79. The van der Waals surface area contributed by atoms with Crippen LogP contribution in [0, 0.1) is 0 Å². The molecule has 0 unspecified atom stereocenters. The number of carbonyl (C=O) groups excluding carboxylic acids is 1. The molecule has 4 rings (SSSR count). The van der Waals surface area contributed by atoms with Crippen molar-refractivity contribution >= 4 is 23.6 Å². The molecular formula is C19H25N5O2S. The van der Waals surface area contributed by atoms with Crippen LogP contribution in [0.5, 0.6) is 0 Å². The summed E-state index contributed by atoms with van der Waals surface area (Å²) in [6.07, 6.45) is 3.16. The summed E-state index contributed by atoms with van der Waals surface area (Å²) < 4.78 is 7.65. The van der Waals surface area contributed by atoms with E-state index in [4.69, 9.17) is 4.74 Å². The molecule has 0 radical (unpaired) electrons. The lowest BCUT2D eigenvalue weighted by molar-refractivity contribution is -0.118. The van der Waals surface area contributed by atoms with Crippen LogP contribution in [0.2, 0.25) is 0 Å². The summed E-state index contributed by atoms with van der Waals surface area (Å²) in [7, 11) is 0. The van der Waals surface area contributed by atoms with Gasteiger partial charge in [-0.25, -0.2) is 0 Å². The first-order valence-corrected chi connectivity index (χ1v) is 10.5. The number of rotatable bonds is 8. The first-order valence-electron chi connectivity index (χ1n) is 9.52. The van der Waals surface area contributed by atoms with E-state index in [1.54, 1.807) is 0 Å². The van der Waals surface area contributed by atoms with Crippen LogP contribution in [0.1, 0.15) is 24.4 Å². The van der Waals surface area contributed by atoms with Crippen molar-refractivity contribution in [3.8, 4) is 0 Å². The fourth-order valence-electron chi connectivity index (χ4n) is 3.17. The van der Waals surface area contributed by atoms with Gasteiger partial charge in [-0.1, -0.05) is 42.1 Å². The third-order valence-corrected chi connectivity index (χ3v) is 5.71. The highest BCUT2D eigenvalue weighted by atomic mass is 32.2. The summed E-state index contributed by atoms with van der Waals surface area (Å²) in [4.78, 5) is 14.4. The summed E-state index contributed by atoms with van der Waals surface area (Å²) in [5.41, 5.74) is 1.23. The van der Waals surface area contributed by atoms with Crippen molar-refractivity contribution in [3.05, 3.63) is 35.9 Å². The van der Waals surface area contributed by atoms with Gasteiger partial charge in [-0.15, -0.1) is 10.2 Å². The minimum absolute atomic E-state index is 0.0363. The molecule has 8 heteroatoms. The van der Waals surface area contributed by atoms with Gasteiger partial charge in [0.15, 0.2) is 5.16 Å². The van der Waals surface area contributed by atoms with Crippen LogP contribution in [0.3, 0.4) is 0 Å². The lowest BCUT2D eigenvalue weighted by Crippen LogP contribution is -2.38. The number of thioether (sulfide) groups is 1. The molecule has 1 amide bonds. The van der Waals surface area contributed by atoms with Gasteiger partial charge in [0.25, 0.3) is 0 Å². The first kappa shape index (κ1) is 18.3. The van der Waals surface area contributed by atoms with Crippen LogP contribution in [0.25, 0.3) is 0 Å². The molecular weight excluding hydrogens is 362 g/mol. The van der Waals surface area contributed by atoms with Crippen molar-refractivity contribution in [1.29, 1.82) is 0 Å². The largest absolute Gasteiger partial charge is 0.378 e. The maximum atomic E-state index is 12.2. The second-order valence-electron chi connectivity index (χ2n) is 6.86. The molecule has 1 N–H and O–H groups in total. The molecule has 1 aliphatic carbocycles. The number of amides is 1. The number of hydrogen-bond acceptors (Lipinski definition) is 6. The Morgan fingerprint density at radius 1 is 1.19 bits per heavy atom. The fourth-order valence-corrected chi connectivity index (χ4v) is 4.00. The molecule has 2 aliphatic rings. The highest BCUT2D eigenvalue weighted by Crippen LogP contribution is 2.41. The summed E-state index contributed by atoms with van der Waals surface area (Å²) >= 11 is 1.47. The molecule has 0 spiro atoms. The zero-order chi connectivity index (χ0) is 18.5. The molecule has 2 heterocycles. The van der Waals surface area contributed by atoms with Crippen LogP contribution in [-0.2, 0) is 16.0 Å². The Morgan fingerprint density at radius 3 is 2.70 bits per heavy atom. The summed E-state index contributed by atoms with van der Waals surface area (Å²) in [5.74, 6) is 1.32. The van der Waals surface area contributed by atoms with E-state index >= 15 is 0 Å². The summed E-state index contributed by atoms with van der Waals surface area (Å²) in [6, 6.07) is 10.7. The topological polar surface area (TPSA) is 72.3 Å². The van der Waals surface area contributed by atoms with Crippen molar-refractivity contribution in [2.45, 2.75) is 30.5 Å². The molecule has 1 saturated heterocycles. The van der Waals surface area contributed by atoms with Gasteiger partial charge in [0.1, 0.15) is 0 Å².